The Morgan fingerprint density at radius 2 is 2.17 bits per heavy atom. The highest BCUT2D eigenvalue weighted by atomic mass is 32.2. The van der Waals surface area contributed by atoms with Crippen LogP contribution >= 0.6 is 11.8 Å². The van der Waals surface area contributed by atoms with Gasteiger partial charge in [0.15, 0.2) is 5.16 Å². The van der Waals surface area contributed by atoms with Crippen molar-refractivity contribution in [2.45, 2.75) is 36.4 Å². The first-order valence-corrected chi connectivity index (χ1v) is 6.61. The summed E-state index contributed by atoms with van der Waals surface area (Å²) in [5.41, 5.74) is 0.705. The summed E-state index contributed by atoms with van der Waals surface area (Å²) >= 11 is 1.51. The van der Waals surface area contributed by atoms with Gasteiger partial charge in [-0.3, -0.25) is 4.98 Å². The minimum atomic E-state index is -0.485. The molecule has 0 radical (unpaired) electrons. The molecule has 6 heteroatoms. The molecule has 2 rings (SSSR count). The molecule has 0 bridgehead atoms. The van der Waals surface area contributed by atoms with Gasteiger partial charge < -0.3 is 9.67 Å². The molecule has 0 aromatic carbocycles. The van der Waals surface area contributed by atoms with Gasteiger partial charge in [-0.05, 0) is 37.2 Å². The summed E-state index contributed by atoms with van der Waals surface area (Å²) in [5, 5.41) is 18.6. The summed E-state index contributed by atoms with van der Waals surface area (Å²) in [4.78, 5) is 5.24. The molecule has 18 heavy (non-hydrogen) atoms. The summed E-state index contributed by atoms with van der Waals surface area (Å²) in [6.45, 7) is 3.84. The topological polar surface area (TPSA) is 63.8 Å². The summed E-state index contributed by atoms with van der Waals surface area (Å²) < 4.78 is 1.93. The maximum atomic E-state index is 9.66. The van der Waals surface area contributed by atoms with Crippen molar-refractivity contribution in [2.75, 3.05) is 0 Å². The number of rotatable bonds is 4. The second kappa shape index (κ2) is 5.49. The van der Waals surface area contributed by atoms with E-state index < -0.39 is 6.10 Å². The third kappa shape index (κ3) is 2.70. The number of nitrogens with zero attached hydrogens (tertiary/aromatic N) is 4. The van der Waals surface area contributed by atoms with E-state index >= 15 is 0 Å². The maximum absolute atomic E-state index is 9.66. The number of aromatic nitrogens is 4. The molecule has 0 amide bonds. The number of hydrogen-bond acceptors (Lipinski definition) is 5. The van der Waals surface area contributed by atoms with Crippen molar-refractivity contribution < 1.29 is 5.11 Å². The molecule has 0 unspecified atom stereocenters. The van der Waals surface area contributed by atoms with Crippen LogP contribution in [0.25, 0.3) is 0 Å². The Morgan fingerprint density at radius 3 is 2.67 bits per heavy atom. The minimum absolute atomic E-state index is 0.485. The van der Waals surface area contributed by atoms with Crippen molar-refractivity contribution >= 4 is 11.8 Å². The Bertz CT molecular complexity index is 523. The lowest BCUT2D eigenvalue weighted by Crippen LogP contribution is -1.98. The molecule has 2 aromatic heterocycles. The van der Waals surface area contributed by atoms with Gasteiger partial charge in [0.2, 0.25) is 0 Å². The SMILES string of the molecule is CC[C@H](O)c1ccc(Sc2nnc(C)n2C)cn1. The van der Waals surface area contributed by atoms with Crippen LogP contribution < -0.4 is 0 Å². The third-order valence-corrected chi connectivity index (χ3v) is 3.76. The van der Waals surface area contributed by atoms with Crippen LogP contribution in [0, 0.1) is 6.92 Å². The van der Waals surface area contributed by atoms with Gasteiger partial charge in [-0.2, -0.15) is 0 Å². The van der Waals surface area contributed by atoms with Gasteiger partial charge >= 0.3 is 0 Å². The first-order valence-electron chi connectivity index (χ1n) is 5.79. The zero-order chi connectivity index (χ0) is 13.1. The van der Waals surface area contributed by atoms with Crippen LogP contribution in [0.4, 0.5) is 0 Å². The lowest BCUT2D eigenvalue weighted by molar-refractivity contribution is 0.169. The fourth-order valence-electron chi connectivity index (χ4n) is 1.44. The third-order valence-electron chi connectivity index (χ3n) is 2.75. The smallest absolute Gasteiger partial charge is 0.195 e. The molecular formula is C12H16N4OS. The fourth-order valence-corrected chi connectivity index (χ4v) is 2.24. The zero-order valence-corrected chi connectivity index (χ0v) is 11.5. The molecule has 2 aromatic rings. The monoisotopic (exact) mass is 264 g/mol. The highest BCUT2D eigenvalue weighted by Gasteiger charge is 2.09. The van der Waals surface area contributed by atoms with Gasteiger partial charge in [0.1, 0.15) is 5.82 Å². The van der Waals surface area contributed by atoms with Gasteiger partial charge in [0.05, 0.1) is 11.8 Å². The molecule has 0 saturated heterocycles. The second-order valence-corrected chi connectivity index (χ2v) is 5.07. The van der Waals surface area contributed by atoms with Crippen molar-refractivity contribution in [3.8, 4) is 0 Å². The largest absolute Gasteiger partial charge is 0.387 e. The summed E-state index contributed by atoms with van der Waals surface area (Å²) in [6.07, 6.45) is 1.94. The number of hydrogen-bond donors (Lipinski definition) is 1. The van der Waals surface area contributed by atoms with Gasteiger partial charge in [-0.15, -0.1) is 10.2 Å². The first-order chi connectivity index (χ1) is 8.61. The summed E-state index contributed by atoms with van der Waals surface area (Å²) in [7, 11) is 1.93. The zero-order valence-electron chi connectivity index (χ0n) is 10.7. The summed E-state index contributed by atoms with van der Waals surface area (Å²) in [5.74, 6) is 0.878. The van der Waals surface area contributed by atoms with Crippen LogP contribution in [0.2, 0.25) is 0 Å². The van der Waals surface area contributed by atoms with Crippen molar-refractivity contribution in [1.82, 2.24) is 19.7 Å². The van der Waals surface area contributed by atoms with Crippen LogP contribution in [-0.4, -0.2) is 24.9 Å². The Labute approximate surface area is 110 Å². The van der Waals surface area contributed by atoms with E-state index in [9.17, 15) is 5.11 Å². The van der Waals surface area contributed by atoms with Crippen LogP contribution in [0.1, 0.15) is 31.0 Å². The normalized spacial score (nSPS) is 12.7. The molecule has 0 aliphatic heterocycles. The Hall–Kier alpha value is -1.40. The van der Waals surface area contributed by atoms with Gasteiger partial charge in [0.25, 0.3) is 0 Å². The molecule has 0 aliphatic carbocycles. The predicted octanol–water partition coefficient (Wildman–Crippen LogP) is 2.11. The van der Waals surface area contributed by atoms with Gasteiger partial charge in [-0.25, -0.2) is 0 Å². The second-order valence-electron chi connectivity index (χ2n) is 4.03. The Kier molecular flexibility index (Phi) is 3.98. The molecule has 96 valence electrons. The van der Waals surface area contributed by atoms with E-state index in [1.54, 1.807) is 6.20 Å². The maximum Gasteiger partial charge on any atom is 0.195 e. The lowest BCUT2D eigenvalue weighted by atomic mass is 10.2. The average Bonchev–Trinajstić information content (AvgIpc) is 2.71. The molecular weight excluding hydrogens is 248 g/mol. The van der Waals surface area contributed by atoms with Gasteiger partial charge in [0, 0.05) is 18.1 Å². The van der Waals surface area contributed by atoms with E-state index in [0.29, 0.717) is 12.1 Å². The van der Waals surface area contributed by atoms with E-state index in [0.717, 1.165) is 15.9 Å². The standard InChI is InChI=1S/C12H16N4OS/c1-4-11(17)10-6-5-9(7-13-10)18-12-15-14-8(2)16(12)3/h5-7,11,17H,4H2,1-3H3/t11-/m0/s1. The van der Waals surface area contributed by atoms with Gasteiger partial charge in [-0.1, -0.05) is 6.92 Å². The van der Waals surface area contributed by atoms with E-state index in [1.807, 2.05) is 37.6 Å². The van der Waals surface area contributed by atoms with Crippen LogP contribution in [0.3, 0.4) is 0 Å². The lowest BCUT2D eigenvalue weighted by Gasteiger charge is -2.07. The van der Waals surface area contributed by atoms with Crippen LogP contribution in [-0.2, 0) is 7.05 Å². The Balaban J connectivity index is 2.13. The quantitative estimate of drug-likeness (QED) is 0.916. The van der Waals surface area contributed by atoms with E-state index in [2.05, 4.69) is 15.2 Å². The number of aliphatic hydroxyl groups excluding tert-OH is 1. The number of aliphatic hydroxyl groups is 1. The van der Waals surface area contributed by atoms with E-state index in [4.69, 9.17) is 0 Å². The number of pyridine rings is 1. The molecule has 0 aliphatic rings. The van der Waals surface area contributed by atoms with Crippen LogP contribution in [0.5, 0.6) is 0 Å². The van der Waals surface area contributed by atoms with Crippen molar-refractivity contribution in [3.63, 3.8) is 0 Å². The van der Waals surface area contributed by atoms with Crippen molar-refractivity contribution in [1.29, 1.82) is 0 Å². The molecule has 0 spiro atoms. The van der Waals surface area contributed by atoms with Crippen molar-refractivity contribution in [3.05, 3.63) is 29.8 Å². The average molecular weight is 264 g/mol. The molecule has 2 heterocycles. The fraction of sp³-hybridized carbons (Fsp3) is 0.417. The predicted molar refractivity (Wildman–Crippen MR) is 69.4 cm³/mol. The molecule has 1 atom stereocenters. The highest BCUT2D eigenvalue weighted by molar-refractivity contribution is 7.99. The summed E-state index contributed by atoms with van der Waals surface area (Å²) in [6, 6.07) is 3.79. The molecule has 1 N–H and O–H groups in total. The van der Waals surface area contributed by atoms with Crippen LogP contribution in [0.15, 0.2) is 28.4 Å². The Morgan fingerprint density at radius 1 is 1.39 bits per heavy atom. The highest BCUT2D eigenvalue weighted by Crippen LogP contribution is 2.26. The first kappa shape index (κ1) is 13.0. The molecule has 0 fully saturated rings. The number of aryl methyl sites for hydroxylation is 1. The molecule has 5 nitrogen and oxygen atoms in total. The van der Waals surface area contributed by atoms with E-state index in [-0.39, 0.29) is 0 Å². The minimum Gasteiger partial charge on any atom is -0.387 e. The van der Waals surface area contributed by atoms with Crippen molar-refractivity contribution in [2.24, 2.45) is 7.05 Å². The van der Waals surface area contributed by atoms with E-state index in [1.165, 1.54) is 11.8 Å². The molecule has 0 saturated carbocycles.